The first-order chi connectivity index (χ1) is 14.1. The van der Waals surface area contributed by atoms with Gasteiger partial charge in [0.15, 0.2) is 11.5 Å². The number of carbonyl (C=O) groups excluding carboxylic acids is 1. The van der Waals surface area contributed by atoms with Crippen molar-refractivity contribution in [1.29, 1.82) is 0 Å². The number of hydrogen-bond donors (Lipinski definition) is 2. The Morgan fingerprint density at radius 3 is 2.90 bits per heavy atom. The van der Waals surface area contributed by atoms with E-state index in [0.717, 1.165) is 31.6 Å². The van der Waals surface area contributed by atoms with Gasteiger partial charge < -0.3 is 20.2 Å². The number of hydrogen-bond acceptors (Lipinski definition) is 6. The van der Waals surface area contributed by atoms with Gasteiger partial charge in [-0.2, -0.15) is 0 Å². The molecule has 9 heteroatoms. The van der Waals surface area contributed by atoms with E-state index in [1.807, 2.05) is 17.9 Å². The topological polar surface area (TPSA) is 119 Å². The number of imidazole rings is 1. The van der Waals surface area contributed by atoms with Crippen LogP contribution in [0.4, 0.5) is 5.82 Å². The van der Waals surface area contributed by atoms with Crippen molar-refractivity contribution >= 4 is 33.9 Å². The standard InChI is InChI=1S/C20H22N8O/c1-12(28-11-26-16-17(21)24-10-25-19(16)28)20(29)27-7-4-13(5-8-27)15-9-23-18-14(15)3-2-6-22-18/h2-3,6,9-13H,4-5,7-8H2,1H3,(H,22,23)(H2,21,24,25). The summed E-state index contributed by atoms with van der Waals surface area (Å²) in [6, 6.07) is 3.67. The first-order valence-electron chi connectivity index (χ1n) is 9.77. The van der Waals surface area contributed by atoms with Crippen LogP contribution >= 0.6 is 0 Å². The van der Waals surface area contributed by atoms with Gasteiger partial charge in [0.05, 0.1) is 6.33 Å². The molecule has 148 valence electrons. The number of nitrogens with one attached hydrogen (secondary N) is 1. The van der Waals surface area contributed by atoms with Crippen molar-refractivity contribution in [2.45, 2.75) is 31.7 Å². The lowest BCUT2D eigenvalue weighted by Crippen LogP contribution is -2.41. The Morgan fingerprint density at radius 1 is 1.24 bits per heavy atom. The molecule has 0 radical (unpaired) electrons. The fraction of sp³-hybridized carbons (Fsp3) is 0.350. The summed E-state index contributed by atoms with van der Waals surface area (Å²) in [5.74, 6) is 0.817. The van der Waals surface area contributed by atoms with E-state index in [9.17, 15) is 4.79 Å². The Labute approximate surface area is 167 Å². The molecule has 5 heterocycles. The highest BCUT2D eigenvalue weighted by Gasteiger charge is 2.29. The maximum absolute atomic E-state index is 13.1. The molecule has 0 spiro atoms. The maximum atomic E-state index is 13.1. The minimum atomic E-state index is -0.400. The van der Waals surface area contributed by atoms with Gasteiger partial charge >= 0.3 is 0 Å². The molecule has 0 bridgehead atoms. The fourth-order valence-corrected chi connectivity index (χ4v) is 4.26. The fourth-order valence-electron chi connectivity index (χ4n) is 4.26. The van der Waals surface area contributed by atoms with Gasteiger partial charge in [-0.25, -0.2) is 19.9 Å². The lowest BCUT2D eigenvalue weighted by molar-refractivity contribution is -0.135. The molecule has 3 N–H and O–H groups in total. The van der Waals surface area contributed by atoms with E-state index in [0.29, 0.717) is 22.9 Å². The molecule has 0 aromatic carbocycles. The first kappa shape index (κ1) is 17.6. The average Bonchev–Trinajstić information content (AvgIpc) is 3.38. The SMILES string of the molecule is CC(C(=O)N1CCC(c2c[nH]c3ncccc23)CC1)n1cnc2c(N)ncnc21. The molecule has 0 aliphatic carbocycles. The molecule has 1 unspecified atom stereocenters. The summed E-state index contributed by atoms with van der Waals surface area (Å²) in [4.78, 5) is 35.2. The van der Waals surface area contributed by atoms with Crippen molar-refractivity contribution in [1.82, 2.24) is 34.4 Å². The molecule has 1 aliphatic heterocycles. The first-order valence-corrected chi connectivity index (χ1v) is 9.77. The Bertz CT molecular complexity index is 1190. The van der Waals surface area contributed by atoms with Crippen LogP contribution in [-0.2, 0) is 4.79 Å². The molecule has 29 heavy (non-hydrogen) atoms. The molecule has 9 nitrogen and oxygen atoms in total. The molecule has 4 aromatic rings. The molecule has 1 atom stereocenters. The Morgan fingerprint density at radius 2 is 2.07 bits per heavy atom. The minimum Gasteiger partial charge on any atom is -0.382 e. The van der Waals surface area contributed by atoms with Crippen molar-refractivity contribution in [3.05, 3.63) is 42.7 Å². The zero-order chi connectivity index (χ0) is 20.0. The monoisotopic (exact) mass is 390 g/mol. The van der Waals surface area contributed by atoms with Crippen LogP contribution in [0.15, 0.2) is 37.2 Å². The molecular weight excluding hydrogens is 368 g/mol. The van der Waals surface area contributed by atoms with Gasteiger partial charge in [0, 0.05) is 30.9 Å². The van der Waals surface area contributed by atoms with Gasteiger partial charge in [-0.05, 0) is 43.4 Å². The molecule has 0 saturated carbocycles. The van der Waals surface area contributed by atoms with E-state index >= 15 is 0 Å². The molecule has 5 rings (SSSR count). The van der Waals surface area contributed by atoms with Crippen molar-refractivity contribution in [3.8, 4) is 0 Å². The smallest absolute Gasteiger partial charge is 0.245 e. The van der Waals surface area contributed by atoms with E-state index in [1.54, 1.807) is 17.1 Å². The second kappa shape index (κ2) is 6.84. The van der Waals surface area contributed by atoms with Crippen molar-refractivity contribution in [2.24, 2.45) is 0 Å². The minimum absolute atomic E-state index is 0.0699. The number of likely N-dealkylation sites (tertiary alicyclic amines) is 1. The van der Waals surface area contributed by atoms with E-state index < -0.39 is 6.04 Å². The van der Waals surface area contributed by atoms with Gasteiger partial charge in [-0.15, -0.1) is 0 Å². The Hall–Kier alpha value is -3.49. The third-order valence-electron chi connectivity index (χ3n) is 5.89. The lowest BCUT2D eigenvalue weighted by atomic mass is 9.89. The highest BCUT2D eigenvalue weighted by molar-refractivity contribution is 5.85. The number of nitrogens with two attached hydrogens (primary N) is 1. The number of rotatable bonds is 3. The Kier molecular flexibility index (Phi) is 4.15. The lowest BCUT2D eigenvalue weighted by Gasteiger charge is -2.33. The summed E-state index contributed by atoms with van der Waals surface area (Å²) in [5, 5.41) is 1.17. The van der Waals surface area contributed by atoms with Crippen LogP contribution in [0.5, 0.6) is 0 Å². The third kappa shape index (κ3) is 2.89. The van der Waals surface area contributed by atoms with Gasteiger partial charge in [0.1, 0.15) is 23.5 Å². The van der Waals surface area contributed by atoms with Crippen LogP contribution in [-0.4, -0.2) is 53.4 Å². The largest absolute Gasteiger partial charge is 0.382 e. The van der Waals surface area contributed by atoms with Crippen LogP contribution in [0.3, 0.4) is 0 Å². The van der Waals surface area contributed by atoms with E-state index in [-0.39, 0.29) is 5.91 Å². The summed E-state index contributed by atoms with van der Waals surface area (Å²) >= 11 is 0. The van der Waals surface area contributed by atoms with Crippen molar-refractivity contribution in [3.63, 3.8) is 0 Å². The summed E-state index contributed by atoms with van der Waals surface area (Å²) in [6.07, 6.45) is 8.73. The maximum Gasteiger partial charge on any atom is 0.245 e. The molecular formula is C20H22N8O. The van der Waals surface area contributed by atoms with Crippen LogP contribution in [0.2, 0.25) is 0 Å². The van der Waals surface area contributed by atoms with Gasteiger partial charge in [-0.3, -0.25) is 4.79 Å². The van der Waals surface area contributed by atoms with Crippen molar-refractivity contribution in [2.75, 3.05) is 18.8 Å². The number of amides is 1. The molecule has 4 aromatic heterocycles. The summed E-state index contributed by atoms with van der Waals surface area (Å²) in [6.45, 7) is 3.33. The van der Waals surface area contributed by atoms with Crippen LogP contribution < -0.4 is 5.73 Å². The zero-order valence-corrected chi connectivity index (χ0v) is 16.1. The normalized spacial score (nSPS) is 16.5. The number of pyridine rings is 1. The molecule has 1 saturated heterocycles. The quantitative estimate of drug-likeness (QED) is 0.554. The summed E-state index contributed by atoms with van der Waals surface area (Å²) in [5.41, 5.74) is 9.18. The number of carbonyl (C=O) groups is 1. The van der Waals surface area contributed by atoms with E-state index in [1.165, 1.54) is 17.3 Å². The number of aromatic nitrogens is 6. The summed E-state index contributed by atoms with van der Waals surface area (Å²) in [7, 11) is 0. The van der Waals surface area contributed by atoms with Crippen LogP contribution in [0.25, 0.3) is 22.2 Å². The van der Waals surface area contributed by atoms with Crippen LogP contribution in [0.1, 0.15) is 37.3 Å². The number of anilines is 1. The molecule has 1 fully saturated rings. The van der Waals surface area contributed by atoms with Crippen LogP contribution in [0, 0.1) is 0 Å². The van der Waals surface area contributed by atoms with E-state index in [2.05, 4.69) is 37.2 Å². The number of aromatic amines is 1. The number of H-pyrrole nitrogens is 1. The molecule has 1 amide bonds. The van der Waals surface area contributed by atoms with Gasteiger partial charge in [0.2, 0.25) is 5.91 Å². The molecule has 1 aliphatic rings. The van der Waals surface area contributed by atoms with E-state index in [4.69, 9.17) is 5.73 Å². The van der Waals surface area contributed by atoms with Crippen molar-refractivity contribution < 1.29 is 4.79 Å². The number of piperidine rings is 1. The number of nitrogens with zero attached hydrogens (tertiary/aromatic N) is 6. The number of fused-ring (bicyclic) bond motifs is 2. The predicted molar refractivity (Wildman–Crippen MR) is 109 cm³/mol. The highest BCUT2D eigenvalue weighted by Crippen LogP contribution is 2.33. The third-order valence-corrected chi connectivity index (χ3v) is 5.89. The Balaban J connectivity index is 1.31. The van der Waals surface area contributed by atoms with Gasteiger partial charge in [0.25, 0.3) is 0 Å². The number of nitrogen functional groups attached to an aromatic ring is 1. The van der Waals surface area contributed by atoms with Gasteiger partial charge in [-0.1, -0.05) is 0 Å². The second-order valence-corrected chi connectivity index (χ2v) is 7.50. The zero-order valence-electron chi connectivity index (χ0n) is 16.1. The average molecular weight is 390 g/mol. The highest BCUT2D eigenvalue weighted by atomic mass is 16.2. The predicted octanol–water partition coefficient (Wildman–Crippen LogP) is 2.25. The second-order valence-electron chi connectivity index (χ2n) is 7.50. The summed E-state index contributed by atoms with van der Waals surface area (Å²) < 4.78 is 1.77.